The van der Waals surface area contributed by atoms with Gasteiger partial charge < -0.3 is 15.4 Å². The summed E-state index contributed by atoms with van der Waals surface area (Å²) in [6.45, 7) is 4.36. The largest absolute Gasteiger partial charge is 0.377 e. The Morgan fingerprint density at radius 1 is 1.33 bits per heavy atom. The second kappa shape index (κ2) is 8.61. The van der Waals surface area contributed by atoms with Gasteiger partial charge in [-0.15, -0.1) is 0 Å². The maximum absolute atomic E-state index is 11.9. The van der Waals surface area contributed by atoms with Crippen molar-refractivity contribution in [2.45, 2.75) is 39.1 Å². The van der Waals surface area contributed by atoms with E-state index in [0.29, 0.717) is 26.2 Å². The van der Waals surface area contributed by atoms with Gasteiger partial charge in [-0.25, -0.2) is 0 Å². The quantitative estimate of drug-likeness (QED) is 0.722. The molecule has 6 nitrogen and oxygen atoms in total. The van der Waals surface area contributed by atoms with E-state index in [0.717, 1.165) is 37.3 Å². The summed E-state index contributed by atoms with van der Waals surface area (Å²) < 4.78 is 7.59. The maximum Gasteiger partial charge on any atom is 0.220 e. The fourth-order valence-electron chi connectivity index (χ4n) is 2.72. The van der Waals surface area contributed by atoms with E-state index in [-0.39, 0.29) is 5.91 Å². The summed E-state index contributed by atoms with van der Waals surface area (Å²) in [6.07, 6.45) is 1.20. The molecule has 0 radical (unpaired) electrons. The Bertz CT molecular complexity index is 631. The van der Waals surface area contributed by atoms with Gasteiger partial charge >= 0.3 is 0 Å². The maximum atomic E-state index is 11.9. The van der Waals surface area contributed by atoms with Crippen LogP contribution in [0.2, 0.25) is 0 Å². The summed E-state index contributed by atoms with van der Waals surface area (Å²) >= 11 is 0. The van der Waals surface area contributed by atoms with E-state index in [1.54, 1.807) is 0 Å². The number of nitrogens with zero attached hydrogens (tertiary/aromatic N) is 2. The first-order valence-corrected chi connectivity index (χ1v) is 8.46. The van der Waals surface area contributed by atoms with Crippen LogP contribution >= 0.6 is 0 Å². The number of amides is 1. The molecule has 0 atom stereocenters. The summed E-state index contributed by atoms with van der Waals surface area (Å²) in [5.74, 6) is 0.0439. The van der Waals surface area contributed by atoms with Gasteiger partial charge in [-0.3, -0.25) is 9.48 Å². The molecule has 1 aromatic carbocycles. The van der Waals surface area contributed by atoms with E-state index in [2.05, 4.69) is 21.8 Å². The van der Waals surface area contributed by atoms with Crippen LogP contribution in [0.3, 0.4) is 0 Å². The minimum atomic E-state index is 0.0439. The first-order valence-electron chi connectivity index (χ1n) is 8.46. The van der Waals surface area contributed by atoms with Gasteiger partial charge in [0.1, 0.15) is 0 Å². The van der Waals surface area contributed by atoms with Gasteiger partial charge in [0.15, 0.2) is 0 Å². The van der Waals surface area contributed by atoms with Crippen LogP contribution in [0.15, 0.2) is 36.4 Å². The van der Waals surface area contributed by atoms with Crippen molar-refractivity contribution in [2.24, 2.45) is 0 Å². The van der Waals surface area contributed by atoms with Crippen molar-refractivity contribution < 1.29 is 9.53 Å². The Hall–Kier alpha value is -2.18. The predicted octanol–water partition coefficient (Wildman–Crippen LogP) is 1.60. The van der Waals surface area contributed by atoms with Gasteiger partial charge in [0, 0.05) is 26.1 Å². The second-order valence-electron chi connectivity index (χ2n) is 5.95. The number of aromatic nitrogens is 2. The van der Waals surface area contributed by atoms with Crippen LogP contribution in [0, 0.1) is 0 Å². The van der Waals surface area contributed by atoms with Gasteiger partial charge in [-0.1, -0.05) is 30.3 Å². The molecule has 1 aliphatic heterocycles. The average Bonchev–Trinajstić information content (AvgIpc) is 3.03. The standard InChI is InChI=1S/C18H24N4O2/c23-18(7-4-10-24-14-15-5-2-1-3-6-15)20-12-16-11-17-13-19-8-9-22(17)21-16/h1-3,5-6,11,19H,4,7-10,12-14H2,(H,20,23). The molecule has 0 saturated carbocycles. The molecule has 1 aromatic heterocycles. The van der Waals surface area contributed by atoms with Crippen molar-refractivity contribution in [2.75, 3.05) is 13.2 Å². The van der Waals surface area contributed by atoms with Gasteiger partial charge in [-0.2, -0.15) is 5.10 Å². The lowest BCUT2D eigenvalue weighted by molar-refractivity contribution is -0.121. The summed E-state index contributed by atoms with van der Waals surface area (Å²) in [6, 6.07) is 12.1. The summed E-state index contributed by atoms with van der Waals surface area (Å²) in [5.41, 5.74) is 3.25. The summed E-state index contributed by atoms with van der Waals surface area (Å²) in [7, 11) is 0. The normalized spacial score (nSPS) is 13.5. The molecule has 2 aromatic rings. The van der Waals surface area contributed by atoms with Gasteiger partial charge in [0.05, 0.1) is 31.1 Å². The Morgan fingerprint density at radius 3 is 3.04 bits per heavy atom. The lowest BCUT2D eigenvalue weighted by Gasteiger charge is -2.13. The highest BCUT2D eigenvalue weighted by atomic mass is 16.5. The van der Waals surface area contributed by atoms with Crippen molar-refractivity contribution in [1.82, 2.24) is 20.4 Å². The molecule has 0 bridgehead atoms. The number of hydrogen-bond acceptors (Lipinski definition) is 4. The molecule has 3 rings (SSSR count). The molecule has 1 aliphatic rings. The zero-order valence-electron chi connectivity index (χ0n) is 13.8. The van der Waals surface area contributed by atoms with E-state index in [9.17, 15) is 4.79 Å². The van der Waals surface area contributed by atoms with E-state index in [1.165, 1.54) is 5.69 Å². The van der Waals surface area contributed by atoms with Crippen LogP contribution in [0.4, 0.5) is 0 Å². The number of ether oxygens (including phenoxy) is 1. The number of hydrogen-bond donors (Lipinski definition) is 2. The molecule has 0 fully saturated rings. The SMILES string of the molecule is O=C(CCCOCc1ccccc1)NCc1cc2n(n1)CCNC2. The van der Waals surface area contributed by atoms with Crippen LogP contribution in [-0.4, -0.2) is 28.8 Å². The third-order valence-corrected chi connectivity index (χ3v) is 3.99. The smallest absolute Gasteiger partial charge is 0.220 e. The van der Waals surface area contributed by atoms with Crippen molar-refractivity contribution in [1.29, 1.82) is 0 Å². The fraction of sp³-hybridized carbons (Fsp3) is 0.444. The monoisotopic (exact) mass is 328 g/mol. The highest BCUT2D eigenvalue weighted by Crippen LogP contribution is 2.07. The van der Waals surface area contributed by atoms with E-state index in [4.69, 9.17) is 4.74 Å². The van der Waals surface area contributed by atoms with Gasteiger partial charge in [0.25, 0.3) is 0 Å². The van der Waals surface area contributed by atoms with Crippen molar-refractivity contribution >= 4 is 5.91 Å². The molecule has 0 spiro atoms. The van der Waals surface area contributed by atoms with Crippen molar-refractivity contribution in [3.63, 3.8) is 0 Å². The van der Waals surface area contributed by atoms with Crippen molar-refractivity contribution in [3.05, 3.63) is 53.3 Å². The highest BCUT2D eigenvalue weighted by molar-refractivity contribution is 5.75. The molecule has 2 heterocycles. The Kier molecular flexibility index (Phi) is 5.98. The first kappa shape index (κ1) is 16.7. The van der Waals surface area contributed by atoms with Crippen LogP contribution < -0.4 is 10.6 Å². The predicted molar refractivity (Wildman–Crippen MR) is 91.1 cm³/mol. The molecule has 1 amide bonds. The third-order valence-electron chi connectivity index (χ3n) is 3.99. The molecular formula is C18H24N4O2. The number of nitrogens with one attached hydrogen (secondary N) is 2. The first-order chi connectivity index (χ1) is 11.8. The van der Waals surface area contributed by atoms with Crippen LogP contribution in [-0.2, 0) is 35.8 Å². The summed E-state index contributed by atoms with van der Waals surface area (Å²) in [5, 5.41) is 10.7. The van der Waals surface area contributed by atoms with Gasteiger partial charge in [0.2, 0.25) is 5.91 Å². The molecule has 6 heteroatoms. The molecule has 0 unspecified atom stereocenters. The molecule has 2 N–H and O–H groups in total. The molecular weight excluding hydrogens is 304 g/mol. The lowest BCUT2D eigenvalue weighted by Crippen LogP contribution is -2.28. The Labute approximate surface area is 142 Å². The van der Waals surface area contributed by atoms with E-state index in [1.807, 2.05) is 35.0 Å². The van der Waals surface area contributed by atoms with Gasteiger partial charge in [-0.05, 0) is 18.1 Å². The van der Waals surface area contributed by atoms with Crippen molar-refractivity contribution in [3.8, 4) is 0 Å². The second-order valence-corrected chi connectivity index (χ2v) is 5.95. The molecule has 24 heavy (non-hydrogen) atoms. The number of fused-ring (bicyclic) bond motifs is 1. The fourth-order valence-corrected chi connectivity index (χ4v) is 2.72. The molecule has 128 valence electrons. The number of carbonyl (C=O) groups is 1. The minimum Gasteiger partial charge on any atom is -0.377 e. The topological polar surface area (TPSA) is 68.2 Å². The number of benzene rings is 1. The van der Waals surface area contributed by atoms with Crippen LogP contribution in [0.1, 0.15) is 29.8 Å². The zero-order chi connectivity index (χ0) is 16.6. The molecule has 0 saturated heterocycles. The van der Waals surface area contributed by atoms with Crippen LogP contribution in [0.25, 0.3) is 0 Å². The van der Waals surface area contributed by atoms with E-state index < -0.39 is 0 Å². The zero-order valence-corrected chi connectivity index (χ0v) is 13.8. The van der Waals surface area contributed by atoms with Crippen LogP contribution in [0.5, 0.6) is 0 Å². The highest BCUT2D eigenvalue weighted by Gasteiger charge is 2.12. The Balaban J connectivity index is 1.29. The number of rotatable bonds is 8. The Morgan fingerprint density at radius 2 is 2.21 bits per heavy atom. The number of carbonyl (C=O) groups excluding carboxylic acids is 1. The lowest BCUT2D eigenvalue weighted by atomic mass is 10.2. The minimum absolute atomic E-state index is 0.0439. The summed E-state index contributed by atoms with van der Waals surface area (Å²) in [4.78, 5) is 11.9. The average molecular weight is 328 g/mol. The third kappa shape index (κ3) is 4.91. The molecule has 0 aliphatic carbocycles. The van der Waals surface area contributed by atoms with E-state index >= 15 is 0 Å².